The SMILES string of the molecule is COc1cc(C=Nn2c(-c3cc4ccccc4o3)nc3ccccc3c2=O)c(Br)c(Cl)c1OC(C)=O. The van der Waals surface area contributed by atoms with Crippen molar-refractivity contribution in [3.8, 4) is 23.1 Å². The molecule has 0 saturated heterocycles. The molecule has 0 aliphatic rings. The second kappa shape index (κ2) is 9.60. The highest BCUT2D eigenvalue weighted by Crippen LogP contribution is 2.42. The van der Waals surface area contributed by atoms with Crippen LogP contribution in [0.1, 0.15) is 12.5 Å². The number of rotatable bonds is 5. The van der Waals surface area contributed by atoms with Crippen LogP contribution in [0.4, 0.5) is 0 Å². The van der Waals surface area contributed by atoms with E-state index in [-0.39, 0.29) is 27.9 Å². The van der Waals surface area contributed by atoms with Crippen molar-refractivity contribution in [3.63, 3.8) is 0 Å². The number of para-hydroxylation sites is 2. The predicted octanol–water partition coefficient (Wildman–Crippen LogP) is 6.04. The first-order valence-corrected chi connectivity index (χ1v) is 11.8. The number of esters is 1. The Balaban J connectivity index is 1.70. The van der Waals surface area contributed by atoms with Gasteiger partial charge in [-0.1, -0.05) is 41.9 Å². The van der Waals surface area contributed by atoms with Gasteiger partial charge >= 0.3 is 5.97 Å². The van der Waals surface area contributed by atoms with Crippen LogP contribution in [-0.4, -0.2) is 29.0 Å². The van der Waals surface area contributed by atoms with Gasteiger partial charge in [-0.3, -0.25) is 9.59 Å². The molecule has 0 saturated carbocycles. The molecule has 0 aliphatic carbocycles. The molecule has 0 unspecified atom stereocenters. The van der Waals surface area contributed by atoms with E-state index in [1.165, 1.54) is 24.9 Å². The highest BCUT2D eigenvalue weighted by Gasteiger charge is 2.20. The molecular weight excluding hydrogens is 550 g/mol. The van der Waals surface area contributed by atoms with Gasteiger partial charge in [0.25, 0.3) is 5.56 Å². The maximum atomic E-state index is 13.5. The zero-order valence-corrected chi connectivity index (χ0v) is 21.3. The van der Waals surface area contributed by atoms with Crippen LogP contribution in [0.25, 0.3) is 33.5 Å². The Morgan fingerprint density at radius 3 is 2.67 bits per heavy atom. The van der Waals surface area contributed by atoms with Crippen molar-refractivity contribution in [1.29, 1.82) is 0 Å². The summed E-state index contributed by atoms with van der Waals surface area (Å²) >= 11 is 9.84. The van der Waals surface area contributed by atoms with Gasteiger partial charge in [0, 0.05) is 22.3 Å². The summed E-state index contributed by atoms with van der Waals surface area (Å²) in [6, 6.07) is 17.9. The highest BCUT2D eigenvalue weighted by atomic mass is 79.9. The van der Waals surface area contributed by atoms with Gasteiger partial charge < -0.3 is 13.9 Å². The zero-order valence-electron chi connectivity index (χ0n) is 19.0. The minimum Gasteiger partial charge on any atom is -0.493 e. The number of benzene rings is 3. The van der Waals surface area contributed by atoms with E-state index < -0.39 is 5.97 Å². The van der Waals surface area contributed by atoms with Gasteiger partial charge in [0.15, 0.2) is 17.3 Å². The maximum absolute atomic E-state index is 13.5. The van der Waals surface area contributed by atoms with E-state index in [1.54, 1.807) is 30.3 Å². The van der Waals surface area contributed by atoms with E-state index >= 15 is 0 Å². The Morgan fingerprint density at radius 2 is 1.92 bits per heavy atom. The van der Waals surface area contributed by atoms with Crippen molar-refractivity contribution in [2.75, 3.05) is 7.11 Å². The lowest BCUT2D eigenvalue weighted by molar-refractivity contribution is -0.132. The van der Waals surface area contributed by atoms with Crippen molar-refractivity contribution >= 4 is 61.6 Å². The summed E-state index contributed by atoms with van der Waals surface area (Å²) in [7, 11) is 1.42. The molecule has 0 bridgehead atoms. The number of ether oxygens (including phenoxy) is 2. The lowest BCUT2D eigenvalue weighted by atomic mass is 10.2. The summed E-state index contributed by atoms with van der Waals surface area (Å²) in [6.45, 7) is 1.26. The summed E-state index contributed by atoms with van der Waals surface area (Å²) in [5.74, 6) is 0.366. The normalized spacial score (nSPS) is 11.4. The van der Waals surface area contributed by atoms with E-state index in [1.807, 2.05) is 30.3 Å². The van der Waals surface area contributed by atoms with Gasteiger partial charge in [-0.2, -0.15) is 9.78 Å². The van der Waals surface area contributed by atoms with Crippen LogP contribution in [0.3, 0.4) is 0 Å². The minimum absolute atomic E-state index is 0.0724. The summed E-state index contributed by atoms with van der Waals surface area (Å²) < 4.78 is 18.1. The Morgan fingerprint density at radius 1 is 1.17 bits per heavy atom. The van der Waals surface area contributed by atoms with Gasteiger partial charge in [0.2, 0.25) is 5.82 Å². The van der Waals surface area contributed by atoms with Crippen LogP contribution in [0, 0.1) is 0 Å². The number of aromatic nitrogens is 2. The molecule has 2 aromatic heterocycles. The number of hydrogen-bond acceptors (Lipinski definition) is 7. The molecule has 180 valence electrons. The molecule has 0 amide bonds. The average molecular weight is 567 g/mol. The van der Waals surface area contributed by atoms with Crippen LogP contribution in [0.2, 0.25) is 5.02 Å². The number of fused-ring (bicyclic) bond motifs is 2. The largest absolute Gasteiger partial charge is 0.493 e. The maximum Gasteiger partial charge on any atom is 0.308 e. The van der Waals surface area contributed by atoms with Crippen LogP contribution in [0.15, 0.2) is 79.4 Å². The fourth-order valence-corrected chi connectivity index (χ4v) is 4.33. The zero-order chi connectivity index (χ0) is 25.4. The van der Waals surface area contributed by atoms with E-state index in [4.69, 9.17) is 25.5 Å². The summed E-state index contributed by atoms with van der Waals surface area (Å²) in [4.78, 5) is 29.6. The number of furan rings is 1. The highest BCUT2D eigenvalue weighted by molar-refractivity contribution is 9.10. The van der Waals surface area contributed by atoms with Gasteiger partial charge in [0.05, 0.1) is 24.2 Å². The van der Waals surface area contributed by atoms with Gasteiger partial charge in [0.1, 0.15) is 10.6 Å². The van der Waals surface area contributed by atoms with Gasteiger partial charge in [-0.25, -0.2) is 4.98 Å². The van der Waals surface area contributed by atoms with E-state index in [2.05, 4.69) is 26.0 Å². The molecule has 3 aromatic carbocycles. The Labute approximate surface area is 217 Å². The standard InChI is InChI=1S/C26H17BrClN3O5/c1-14(32)35-24-20(34-2)12-16(22(27)23(24)28)13-29-31-25(21-11-15-7-3-6-10-19(15)36-21)30-18-9-5-4-8-17(18)26(31)33/h3-13H,1-2H3. The van der Waals surface area contributed by atoms with Crippen molar-refractivity contribution in [3.05, 3.63) is 86.1 Å². The van der Waals surface area contributed by atoms with Crippen molar-refractivity contribution in [1.82, 2.24) is 9.66 Å². The molecule has 2 heterocycles. The van der Waals surface area contributed by atoms with Crippen molar-refractivity contribution in [2.45, 2.75) is 6.92 Å². The molecular formula is C26H17BrClN3O5. The van der Waals surface area contributed by atoms with E-state index in [0.717, 1.165) is 5.39 Å². The smallest absolute Gasteiger partial charge is 0.308 e. The van der Waals surface area contributed by atoms with Crippen molar-refractivity contribution < 1.29 is 18.7 Å². The third-order valence-corrected chi connectivity index (χ3v) is 6.78. The van der Waals surface area contributed by atoms with Crippen LogP contribution in [-0.2, 0) is 4.79 Å². The van der Waals surface area contributed by atoms with Crippen molar-refractivity contribution in [2.24, 2.45) is 5.10 Å². The number of nitrogens with zero attached hydrogens (tertiary/aromatic N) is 3. The molecule has 0 aliphatic heterocycles. The third kappa shape index (κ3) is 4.27. The second-order valence-corrected chi connectivity index (χ2v) is 8.85. The summed E-state index contributed by atoms with van der Waals surface area (Å²) in [5, 5.41) is 5.83. The fourth-order valence-electron chi connectivity index (χ4n) is 3.69. The van der Waals surface area contributed by atoms with Crippen LogP contribution in [0.5, 0.6) is 11.5 Å². The summed E-state index contributed by atoms with van der Waals surface area (Å²) in [5.41, 5.74) is 1.27. The molecule has 8 nitrogen and oxygen atoms in total. The molecule has 36 heavy (non-hydrogen) atoms. The number of hydrogen-bond donors (Lipinski definition) is 0. The molecule has 0 spiro atoms. The number of methoxy groups -OCH3 is 1. The quantitative estimate of drug-likeness (QED) is 0.146. The monoisotopic (exact) mass is 565 g/mol. The number of carbonyl (C=O) groups is 1. The first kappa shape index (κ1) is 23.8. The third-order valence-electron chi connectivity index (χ3n) is 5.33. The topological polar surface area (TPSA) is 95.9 Å². The Kier molecular flexibility index (Phi) is 6.34. The van der Waals surface area contributed by atoms with Gasteiger partial charge in [-0.05, 0) is 46.3 Å². The molecule has 0 radical (unpaired) electrons. The lowest BCUT2D eigenvalue weighted by Gasteiger charge is -2.13. The molecule has 0 fully saturated rings. The van der Waals surface area contributed by atoms with E-state index in [9.17, 15) is 9.59 Å². The predicted molar refractivity (Wildman–Crippen MR) is 141 cm³/mol. The molecule has 5 aromatic rings. The van der Waals surface area contributed by atoms with Gasteiger partial charge in [-0.15, -0.1) is 0 Å². The average Bonchev–Trinajstić information content (AvgIpc) is 3.31. The summed E-state index contributed by atoms with van der Waals surface area (Å²) in [6.07, 6.45) is 1.43. The number of carbonyl (C=O) groups excluding carboxylic acids is 1. The molecule has 0 N–H and O–H groups in total. The van der Waals surface area contributed by atoms with E-state index in [0.29, 0.717) is 32.3 Å². The fraction of sp³-hybridized carbons (Fsp3) is 0.0769. The Hall–Kier alpha value is -3.95. The Bertz CT molecular complexity index is 1710. The molecule has 10 heteroatoms. The molecule has 0 atom stereocenters. The minimum atomic E-state index is -0.548. The van der Waals surface area contributed by atoms with Crippen LogP contribution < -0.4 is 15.0 Å². The second-order valence-electron chi connectivity index (χ2n) is 7.68. The number of halogens is 2. The molecule has 5 rings (SSSR count). The lowest BCUT2D eigenvalue weighted by Crippen LogP contribution is -2.20. The first-order valence-electron chi connectivity index (χ1n) is 10.7. The van der Waals surface area contributed by atoms with Crippen LogP contribution >= 0.6 is 27.5 Å². The first-order chi connectivity index (χ1) is 17.4.